The molecule has 0 amide bonds. The van der Waals surface area contributed by atoms with Crippen molar-refractivity contribution in [2.24, 2.45) is 5.41 Å². The molecule has 0 saturated carbocycles. The minimum Gasteiger partial charge on any atom is -0.288 e. The molecule has 0 N–H and O–H groups in total. The van der Waals surface area contributed by atoms with Gasteiger partial charge in [-0.25, -0.2) is 0 Å². The molecule has 0 atom stereocenters. The summed E-state index contributed by atoms with van der Waals surface area (Å²) in [5, 5.41) is 9.21. The molecular formula is C15H15NO. The van der Waals surface area contributed by atoms with Crippen LogP contribution in [0.2, 0.25) is 0 Å². The number of nitriles is 1. The lowest BCUT2D eigenvalue weighted by molar-refractivity contribution is 0.104. The standard InChI is InChI=1S/C15H15NO/c1-4-15(2,3)13-10-7-5-6-8-11(10)14(17)12(13)9-16/h5-8H,4H2,1-3H3. The van der Waals surface area contributed by atoms with E-state index in [0.29, 0.717) is 11.1 Å². The molecule has 0 aliphatic heterocycles. The first-order valence-electron chi connectivity index (χ1n) is 5.82. The monoisotopic (exact) mass is 225 g/mol. The molecule has 2 rings (SSSR count). The van der Waals surface area contributed by atoms with E-state index in [1.807, 2.05) is 18.2 Å². The van der Waals surface area contributed by atoms with E-state index in [2.05, 4.69) is 26.8 Å². The van der Waals surface area contributed by atoms with E-state index in [-0.39, 0.29) is 11.2 Å². The Kier molecular flexibility index (Phi) is 2.63. The van der Waals surface area contributed by atoms with Crippen molar-refractivity contribution in [2.75, 3.05) is 0 Å². The third-order valence-corrected chi connectivity index (χ3v) is 3.59. The Hall–Kier alpha value is -1.88. The Morgan fingerprint density at radius 1 is 1.24 bits per heavy atom. The highest BCUT2D eigenvalue weighted by atomic mass is 16.1. The number of hydrogen-bond donors (Lipinski definition) is 0. The number of ketones is 1. The summed E-state index contributed by atoms with van der Waals surface area (Å²) in [6, 6.07) is 9.57. The molecule has 2 nitrogen and oxygen atoms in total. The highest BCUT2D eigenvalue weighted by Gasteiger charge is 2.36. The van der Waals surface area contributed by atoms with Crippen molar-refractivity contribution in [3.8, 4) is 6.07 Å². The number of carbonyl (C=O) groups excluding carboxylic acids is 1. The number of rotatable bonds is 2. The fourth-order valence-corrected chi connectivity index (χ4v) is 2.27. The summed E-state index contributed by atoms with van der Waals surface area (Å²) in [6.07, 6.45) is 0.898. The van der Waals surface area contributed by atoms with Crippen LogP contribution < -0.4 is 0 Å². The molecule has 0 saturated heterocycles. The molecule has 0 bridgehead atoms. The Balaban J connectivity index is 2.74. The van der Waals surface area contributed by atoms with Gasteiger partial charge in [-0.05, 0) is 23.0 Å². The largest absolute Gasteiger partial charge is 0.288 e. The van der Waals surface area contributed by atoms with Crippen molar-refractivity contribution < 1.29 is 4.79 Å². The molecule has 0 spiro atoms. The predicted octanol–water partition coefficient (Wildman–Crippen LogP) is 3.60. The van der Waals surface area contributed by atoms with Crippen molar-refractivity contribution in [3.05, 3.63) is 41.0 Å². The lowest BCUT2D eigenvalue weighted by Crippen LogP contribution is -2.12. The Bertz CT molecular complexity index is 559. The summed E-state index contributed by atoms with van der Waals surface area (Å²) in [5.74, 6) is -0.125. The van der Waals surface area contributed by atoms with Crippen molar-refractivity contribution in [2.45, 2.75) is 27.2 Å². The van der Waals surface area contributed by atoms with Crippen LogP contribution in [-0.4, -0.2) is 5.78 Å². The number of Topliss-reactive ketones (excluding diaryl/α,β-unsaturated/α-hetero) is 1. The average Bonchev–Trinajstić information content (AvgIpc) is 2.63. The molecule has 1 aliphatic carbocycles. The molecule has 0 aromatic heterocycles. The van der Waals surface area contributed by atoms with E-state index in [4.69, 9.17) is 0 Å². The summed E-state index contributed by atoms with van der Waals surface area (Å²) in [5.41, 5.74) is 2.68. The van der Waals surface area contributed by atoms with Crippen molar-refractivity contribution in [3.63, 3.8) is 0 Å². The molecule has 2 heteroatoms. The van der Waals surface area contributed by atoms with Gasteiger partial charge >= 0.3 is 0 Å². The van der Waals surface area contributed by atoms with Gasteiger partial charge in [0.2, 0.25) is 5.78 Å². The molecule has 86 valence electrons. The Labute approximate surface area is 102 Å². The van der Waals surface area contributed by atoms with Crippen LogP contribution in [0.25, 0.3) is 5.57 Å². The number of benzene rings is 1. The molecular weight excluding hydrogens is 210 g/mol. The van der Waals surface area contributed by atoms with E-state index in [1.165, 1.54) is 0 Å². The molecule has 1 aromatic rings. The second-order valence-electron chi connectivity index (χ2n) is 4.97. The van der Waals surface area contributed by atoms with Gasteiger partial charge in [-0.2, -0.15) is 5.26 Å². The van der Waals surface area contributed by atoms with Gasteiger partial charge in [0.05, 0.1) is 0 Å². The smallest absolute Gasteiger partial charge is 0.204 e. The fraction of sp³-hybridized carbons (Fsp3) is 0.333. The Morgan fingerprint density at radius 3 is 2.35 bits per heavy atom. The molecule has 0 radical (unpaired) electrons. The molecule has 1 aliphatic rings. The van der Waals surface area contributed by atoms with Crippen LogP contribution in [0.5, 0.6) is 0 Å². The molecule has 0 heterocycles. The second kappa shape index (κ2) is 3.85. The van der Waals surface area contributed by atoms with E-state index < -0.39 is 0 Å². The number of fused-ring (bicyclic) bond motifs is 1. The summed E-state index contributed by atoms with van der Waals surface area (Å²) in [6.45, 7) is 6.23. The summed E-state index contributed by atoms with van der Waals surface area (Å²) in [4.78, 5) is 12.1. The maximum Gasteiger partial charge on any atom is 0.204 e. The predicted molar refractivity (Wildman–Crippen MR) is 67.4 cm³/mol. The molecule has 17 heavy (non-hydrogen) atoms. The maximum absolute atomic E-state index is 12.1. The number of carbonyl (C=O) groups is 1. The SMILES string of the molecule is CCC(C)(C)C1=C(C#N)C(=O)c2ccccc21. The van der Waals surface area contributed by atoms with E-state index in [0.717, 1.165) is 17.6 Å². The summed E-state index contributed by atoms with van der Waals surface area (Å²) in [7, 11) is 0. The zero-order valence-corrected chi connectivity index (χ0v) is 10.4. The third kappa shape index (κ3) is 1.59. The van der Waals surface area contributed by atoms with Crippen LogP contribution in [0.15, 0.2) is 29.8 Å². The van der Waals surface area contributed by atoms with Gasteiger partial charge in [-0.15, -0.1) is 0 Å². The normalized spacial score (nSPS) is 14.8. The first-order chi connectivity index (χ1) is 8.03. The maximum atomic E-state index is 12.1. The Morgan fingerprint density at radius 2 is 1.82 bits per heavy atom. The van der Waals surface area contributed by atoms with Crippen LogP contribution in [-0.2, 0) is 0 Å². The number of hydrogen-bond acceptors (Lipinski definition) is 2. The first kappa shape index (κ1) is 11.6. The van der Waals surface area contributed by atoms with Gasteiger partial charge in [0.1, 0.15) is 11.6 Å². The molecule has 1 aromatic carbocycles. The van der Waals surface area contributed by atoms with Crippen LogP contribution in [0, 0.1) is 16.7 Å². The second-order valence-corrected chi connectivity index (χ2v) is 4.97. The molecule has 0 unspecified atom stereocenters. The number of nitrogens with zero attached hydrogens (tertiary/aromatic N) is 1. The van der Waals surface area contributed by atoms with Crippen molar-refractivity contribution >= 4 is 11.4 Å². The fourth-order valence-electron chi connectivity index (χ4n) is 2.27. The van der Waals surface area contributed by atoms with Gasteiger partial charge in [0.25, 0.3) is 0 Å². The minimum atomic E-state index is -0.146. The summed E-state index contributed by atoms with van der Waals surface area (Å²) < 4.78 is 0. The van der Waals surface area contributed by atoms with Crippen LogP contribution >= 0.6 is 0 Å². The summed E-state index contributed by atoms with van der Waals surface area (Å²) >= 11 is 0. The zero-order chi connectivity index (χ0) is 12.6. The molecule has 0 fully saturated rings. The van der Waals surface area contributed by atoms with Crippen LogP contribution in [0.4, 0.5) is 0 Å². The third-order valence-electron chi connectivity index (χ3n) is 3.59. The quantitative estimate of drug-likeness (QED) is 0.771. The minimum absolute atomic E-state index is 0.125. The first-order valence-corrected chi connectivity index (χ1v) is 5.82. The average molecular weight is 225 g/mol. The highest BCUT2D eigenvalue weighted by Crippen LogP contribution is 2.45. The number of allylic oxidation sites excluding steroid dienone is 2. The van der Waals surface area contributed by atoms with Crippen LogP contribution in [0.1, 0.15) is 43.1 Å². The lowest BCUT2D eigenvalue weighted by Gasteiger charge is -2.25. The zero-order valence-electron chi connectivity index (χ0n) is 10.4. The lowest BCUT2D eigenvalue weighted by atomic mass is 9.78. The van der Waals surface area contributed by atoms with Crippen molar-refractivity contribution in [1.82, 2.24) is 0 Å². The van der Waals surface area contributed by atoms with Gasteiger partial charge in [0.15, 0.2) is 0 Å². The van der Waals surface area contributed by atoms with Gasteiger partial charge in [0, 0.05) is 5.56 Å². The highest BCUT2D eigenvalue weighted by molar-refractivity contribution is 6.23. The van der Waals surface area contributed by atoms with Crippen LogP contribution in [0.3, 0.4) is 0 Å². The van der Waals surface area contributed by atoms with E-state index in [1.54, 1.807) is 6.07 Å². The van der Waals surface area contributed by atoms with E-state index >= 15 is 0 Å². The topological polar surface area (TPSA) is 40.9 Å². The van der Waals surface area contributed by atoms with Gasteiger partial charge in [-0.1, -0.05) is 45.0 Å². The van der Waals surface area contributed by atoms with Crippen molar-refractivity contribution in [1.29, 1.82) is 5.26 Å². The van der Waals surface area contributed by atoms with Gasteiger partial charge in [-0.3, -0.25) is 4.79 Å². The van der Waals surface area contributed by atoms with E-state index in [9.17, 15) is 10.1 Å². The van der Waals surface area contributed by atoms with Gasteiger partial charge < -0.3 is 0 Å².